The van der Waals surface area contributed by atoms with Crippen molar-refractivity contribution in [3.63, 3.8) is 0 Å². The first-order chi connectivity index (χ1) is 11.0. The van der Waals surface area contributed by atoms with Crippen LogP contribution in [0.2, 0.25) is 0 Å². The van der Waals surface area contributed by atoms with Crippen LogP contribution >= 0.6 is 0 Å². The molecule has 0 N–H and O–H groups in total. The van der Waals surface area contributed by atoms with E-state index in [-0.39, 0.29) is 5.41 Å². The summed E-state index contributed by atoms with van der Waals surface area (Å²) in [6.07, 6.45) is 1.17. The number of nitrogens with zero attached hydrogens (tertiary/aromatic N) is 1. The molecule has 0 amide bonds. The number of benzene rings is 1. The molecule has 0 aromatic heterocycles. The lowest BCUT2D eigenvalue weighted by molar-refractivity contribution is -0.144. The molecule has 6 heteroatoms. The van der Waals surface area contributed by atoms with Gasteiger partial charge in [-0.1, -0.05) is 32.9 Å². The number of aryl methyl sites for hydroxylation is 2. The highest BCUT2D eigenvalue weighted by molar-refractivity contribution is 7.89. The number of methoxy groups -OCH3 is 1. The second kappa shape index (κ2) is 6.48. The van der Waals surface area contributed by atoms with Gasteiger partial charge >= 0.3 is 5.97 Å². The van der Waals surface area contributed by atoms with Gasteiger partial charge in [-0.15, -0.1) is 0 Å². The van der Waals surface area contributed by atoms with Crippen LogP contribution in [0.1, 0.15) is 50.3 Å². The van der Waals surface area contributed by atoms with Crippen molar-refractivity contribution in [3.8, 4) is 0 Å². The second-order valence-corrected chi connectivity index (χ2v) is 9.31. The molecule has 0 spiro atoms. The van der Waals surface area contributed by atoms with Crippen molar-refractivity contribution < 1.29 is 17.9 Å². The molecule has 0 radical (unpaired) electrons. The molecule has 5 nitrogen and oxygen atoms in total. The molecule has 0 unspecified atom stereocenters. The number of hydrogen-bond donors (Lipinski definition) is 0. The number of carbonyl (C=O) groups excluding carboxylic acids is 1. The average molecular weight is 353 g/mol. The Morgan fingerprint density at radius 1 is 1.21 bits per heavy atom. The molecular weight excluding hydrogens is 326 g/mol. The first-order valence-electron chi connectivity index (χ1n) is 8.21. The van der Waals surface area contributed by atoms with Gasteiger partial charge in [0.15, 0.2) is 0 Å². The Morgan fingerprint density at radius 3 is 2.21 bits per heavy atom. The highest BCUT2D eigenvalue weighted by atomic mass is 32.2. The second-order valence-electron chi connectivity index (χ2n) is 7.49. The summed E-state index contributed by atoms with van der Waals surface area (Å²) < 4.78 is 32.4. The first-order valence-corrected chi connectivity index (χ1v) is 9.65. The summed E-state index contributed by atoms with van der Waals surface area (Å²) >= 11 is 0. The lowest BCUT2D eigenvalue weighted by Gasteiger charge is -2.26. The minimum atomic E-state index is -3.73. The molecule has 1 aromatic rings. The predicted octanol–water partition coefficient (Wildman–Crippen LogP) is 2.93. The van der Waals surface area contributed by atoms with Crippen LogP contribution in [0.4, 0.5) is 0 Å². The molecular formula is C18H27NO4S. The van der Waals surface area contributed by atoms with Gasteiger partial charge in [-0.05, 0) is 48.8 Å². The molecule has 1 aromatic carbocycles. The number of sulfonamides is 1. The Morgan fingerprint density at radius 2 is 1.75 bits per heavy atom. The molecule has 2 rings (SSSR count). The van der Waals surface area contributed by atoms with Gasteiger partial charge in [-0.2, -0.15) is 4.31 Å². The van der Waals surface area contributed by atoms with Crippen molar-refractivity contribution in [3.05, 3.63) is 28.8 Å². The zero-order valence-corrected chi connectivity index (χ0v) is 16.2. The Labute approximate surface area is 145 Å². The number of rotatable bonds is 3. The molecule has 24 heavy (non-hydrogen) atoms. The lowest BCUT2D eigenvalue weighted by atomic mass is 9.85. The normalized spacial score (nSPS) is 19.5. The van der Waals surface area contributed by atoms with E-state index in [1.807, 2.05) is 26.0 Å². The van der Waals surface area contributed by atoms with E-state index in [4.69, 9.17) is 4.74 Å². The van der Waals surface area contributed by atoms with Crippen LogP contribution in [0.5, 0.6) is 0 Å². The lowest BCUT2D eigenvalue weighted by Crippen LogP contribution is -2.41. The summed E-state index contributed by atoms with van der Waals surface area (Å²) in [5.74, 6) is -0.488. The zero-order chi connectivity index (χ0) is 18.3. The van der Waals surface area contributed by atoms with Crippen LogP contribution in [0, 0.1) is 13.8 Å². The first kappa shape index (κ1) is 18.9. The molecule has 0 bridgehead atoms. The van der Waals surface area contributed by atoms with Gasteiger partial charge in [-0.3, -0.25) is 4.79 Å². The highest BCUT2D eigenvalue weighted by Crippen LogP contribution is 2.33. The van der Waals surface area contributed by atoms with Crippen LogP contribution in [0.3, 0.4) is 0 Å². The van der Waals surface area contributed by atoms with E-state index in [9.17, 15) is 13.2 Å². The molecule has 1 heterocycles. The third-order valence-electron chi connectivity index (χ3n) is 4.57. The molecule has 1 aliphatic heterocycles. The summed E-state index contributed by atoms with van der Waals surface area (Å²) in [4.78, 5) is 12.2. The number of hydrogen-bond acceptors (Lipinski definition) is 4. The number of esters is 1. The topological polar surface area (TPSA) is 63.7 Å². The van der Waals surface area contributed by atoms with E-state index in [1.54, 1.807) is 0 Å². The van der Waals surface area contributed by atoms with E-state index in [2.05, 4.69) is 20.8 Å². The van der Waals surface area contributed by atoms with Gasteiger partial charge in [-0.25, -0.2) is 8.42 Å². The summed E-state index contributed by atoms with van der Waals surface area (Å²) in [6.45, 7) is 10.3. The van der Waals surface area contributed by atoms with Crippen LogP contribution in [0.25, 0.3) is 0 Å². The van der Waals surface area contributed by atoms with E-state index >= 15 is 0 Å². The Balaban J connectivity index is 2.52. The fourth-order valence-corrected chi connectivity index (χ4v) is 5.37. The molecule has 0 saturated carbocycles. The Hall–Kier alpha value is -1.40. The minimum Gasteiger partial charge on any atom is -0.468 e. The smallest absolute Gasteiger partial charge is 0.324 e. The van der Waals surface area contributed by atoms with Gasteiger partial charge in [0, 0.05) is 6.54 Å². The van der Waals surface area contributed by atoms with Crippen LogP contribution in [-0.4, -0.2) is 38.4 Å². The fraction of sp³-hybridized carbons (Fsp3) is 0.611. The third kappa shape index (κ3) is 3.35. The Bertz CT molecular complexity index is 724. The fourth-order valence-electron chi connectivity index (χ4n) is 3.31. The maximum Gasteiger partial charge on any atom is 0.324 e. The molecule has 134 valence electrons. The van der Waals surface area contributed by atoms with Crippen molar-refractivity contribution in [2.24, 2.45) is 0 Å². The largest absolute Gasteiger partial charge is 0.468 e. The van der Waals surface area contributed by atoms with Crippen molar-refractivity contribution in [1.82, 2.24) is 4.31 Å². The quantitative estimate of drug-likeness (QED) is 0.784. The van der Waals surface area contributed by atoms with Crippen LogP contribution < -0.4 is 0 Å². The van der Waals surface area contributed by atoms with Gasteiger partial charge in [0.2, 0.25) is 10.0 Å². The molecule has 1 fully saturated rings. The standard InChI is InChI=1S/C18H27NO4S/c1-12-10-14(18(3,4)5)11-13(2)16(12)24(21,22)19-9-7-8-15(19)17(20)23-6/h10-11,15H,7-9H2,1-6H3/t15-/m1/s1. The maximum absolute atomic E-state index is 13.2. The molecule has 1 aliphatic rings. The zero-order valence-electron chi connectivity index (χ0n) is 15.3. The summed E-state index contributed by atoms with van der Waals surface area (Å²) in [5, 5.41) is 0. The van der Waals surface area contributed by atoms with E-state index in [1.165, 1.54) is 11.4 Å². The average Bonchev–Trinajstić information content (AvgIpc) is 2.94. The Kier molecular flexibility index (Phi) is 5.11. The van der Waals surface area contributed by atoms with Crippen molar-refractivity contribution in [2.75, 3.05) is 13.7 Å². The minimum absolute atomic E-state index is 0.0555. The van der Waals surface area contributed by atoms with E-state index in [0.29, 0.717) is 24.3 Å². The van der Waals surface area contributed by atoms with Crippen LogP contribution in [0.15, 0.2) is 17.0 Å². The summed E-state index contributed by atoms with van der Waals surface area (Å²) in [7, 11) is -2.44. The number of ether oxygens (including phenoxy) is 1. The number of carbonyl (C=O) groups is 1. The van der Waals surface area contributed by atoms with Crippen LogP contribution in [-0.2, 0) is 25.0 Å². The van der Waals surface area contributed by atoms with Crippen molar-refractivity contribution in [1.29, 1.82) is 0 Å². The maximum atomic E-state index is 13.2. The monoisotopic (exact) mass is 353 g/mol. The van der Waals surface area contributed by atoms with Crippen molar-refractivity contribution in [2.45, 2.75) is 63.8 Å². The highest BCUT2D eigenvalue weighted by Gasteiger charge is 2.41. The third-order valence-corrected chi connectivity index (χ3v) is 6.78. The van der Waals surface area contributed by atoms with Gasteiger partial charge in [0.25, 0.3) is 0 Å². The van der Waals surface area contributed by atoms with E-state index in [0.717, 1.165) is 16.7 Å². The predicted molar refractivity (Wildman–Crippen MR) is 93.5 cm³/mol. The van der Waals surface area contributed by atoms with Gasteiger partial charge in [0.05, 0.1) is 12.0 Å². The molecule has 0 aliphatic carbocycles. The SMILES string of the molecule is COC(=O)[C@H]1CCCN1S(=O)(=O)c1c(C)cc(C(C)(C)C)cc1C. The van der Waals surface area contributed by atoms with Crippen molar-refractivity contribution >= 4 is 16.0 Å². The van der Waals surface area contributed by atoms with Gasteiger partial charge in [0.1, 0.15) is 6.04 Å². The van der Waals surface area contributed by atoms with E-state index < -0.39 is 22.0 Å². The van der Waals surface area contributed by atoms with Gasteiger partial charge < -0.3 is 4.74 Å². The summed E-state index contributed by atoms with van der Waals surface area (Å²) in [5.41, 5.74) is 2.48. The molecule has 1 atom stereocenters. The molecule has 1 saturated heterocycles. The summed E-state index contributed by atoms with van der Waals surface area (Å²) in [6, 6.07) is 3.15.